The van der Waals surface area contributed by atoms with Crippen LogP contribution >= 0.6 is 22.6 Å². The second-order valence-corrected chi connectivity index (χ2v) is 5.69. The number of allylic oxidation sites excluding steroid dienone is 3. The first-order valence-electron chi connectivity index (χ1n) is 6.52. The summed E-state index contributed by atoms with van der Waals surface area (Å²) in [7, 11) is 0. The maximum absolute atomic E-state index is 12.8. The standard InChI is InChI=1S/C17H14F2INO/c1-3-10-22-14-6-4-13(5-7-14)16-9-8-15(20)12(2)21(16)11-17(18)19/h1,4-9,17H,2,10-11H2. The third kappa shape index (κ3) is 3.89. The number of ether oxygens (including phenoxy) is 1. The molecular weight excluding hydrogens is 399 g/mol. The van der Waals surface area contributed by atoms with Gasteiger partial charge in [0, 0.05) is 15.0 Å². The molecule has 0 spiro atoms. The molecule has 1 heterocycles. The van der Waals surface area contributed by atoms with E-state index in [0.29, 0.717) is 17.1 Å². The van der Waals surface area contributed by atoms with Crippen LogP contribution < -0.4 is 4.74 Å². The van der Waals surface area contributed by atoms with Crippen molar-refractivity contribution in [1.29, 1.82) is 0 Å². The molecule has 22 heavy (non-hydrogen) atoms. The third-order valence-electron chi connectivity index (χ3n) is 3.07. The first-order valence-corrected chi connectivity index (χ1v) is 7.60. The van der Waals surface area contributed by atoms with E-state index >= 15 is 0 Å². The molecule has 0 saturated heterocycles. The molecule has 2 nitrogen and oxygen atoms in total. The third-order valence-corrected chi connectivity index (χ3v) is 4.05. The van der Waals surface area contributed by atoms with E-state index in [1.807, 2.05) is 24.3 Å². The predicted octanol–water partition coefficient (Wildman–Crippen LogP) is 4.45. The van der Waals surface area contributed by atoms with Crippen molar-refractivity contribution in [2.75, 3.05) is 13.2 Å². The molecule has 0 amide bonds. The van der Waals surface area contributed by atoms with Gasteiger partial charge in [0.15, 0.2) is 0 Å². The number of halogens is 3. The van der Waals surface area contributed by atoms with Gasteiger partial charge in [-0.2, -0.15) is 0 Å². The largest absolute Gasteiger partial charge is 0.481 e. The van der Waals surface area contributed by atoms with Crippen molar-refractivity contribution in [1.82, 2.24) is 4.90 Å². The van der Waals surface area contributed by atoms with Crippen molar-refractivity contribution in [2.24, 2.45) is 0 Å². The zero-order valence-corrected chi connectivity index (χ0v) is 13.9. The lowest BCUT2D eigenvalue weighted by atomic mass is 10.1. The first kappa shape index (κ1) is 16.6. The van der Waals surface area contributed by atoms with Crippen LogP contribution in [0.2, 0.25) is 0 Å². The lowest BCUT2D eigenvalue weighted by molar-refractivity contribution is 0.123. The monoisotopic (exact) mass is 413 g/mol. The van der Waals surface area contributed by atoms with Gasteiger partial charge >= 0.3 is 0 Å². The fraction of sp³-hybridized carbons (Fsp3) is 0.176. The molecule has 1 aromatic carbocycles. The van der Waals surface area contributed by atoms with Crippen molar-refractivity contribution in [3.63, 3.8) is 0 Å². The lowest BCUT2D eigenvalue weighted by Gasteiger charge is -2.31. The number of benzene rings is 1. The molecule has 0 unspecified atom stereocenters. The molecule has 1 aliphatic rings. The second-order valence-electron chi connectivity index (χ2n) is 4.53. The van der Waals surface area contributed by atoms with Gasteiger partial charge < -0.3 is 9.64 Å². The zero-order chi connectivity index (χ0) is 16.1. The van der Waals surface area contributed by atoms with Gasteiger partial charge in [-0.05, 0) is 64.6 Å². The van der Waals surface area contributed by atoms with E-state index in [-0.39, 0.29) is 13.2 Å². The van der Waals surface area contributed by atoms with Crippen LogP contribution in [0.5, 0.6) is 5.75 Å². The molecule has 114 valence electrons. The molecule has 1 aliphatic heterocycles. The highest BCUT2D eigenvalue weighted by molar-refractivity contribution is 14.1. The summed E-state index contributed by atoms with van der Waals surface area (Å²) in [6, 6.07) is 7.16. The van der Waals surface area contributed by atoms with Crippen LogP contribution in [0.1, 0.15) is 5.56 Å². The Kier molecular flexibility index (Phi) is 5.61. The Hall–Kier alpha value is -1.81. The van der Waals surface area contributed by atoms with E-state index in [2.05, 4.69) is 35.1 Å². The normalized spacial score (nSPS) is 14.5. The van der Waals surface area contributed by atoms with Gasteiger partial charge in [0.1, 0.15) is 12.4 Å². The number of hydrogen-bond acceptors (Lipinski definition) is 2. The highest BCUT2D eigenvalue weighted by atomic mass is 127. The van der Waals surface area contributed by atoms with E-state index < -0.39 is 6.43 Å². The van der Waals surface area contributed by atoms with E-state index in [0.717, 1.165) is 9.14 Å². The van der Waals surface area contributed by atoms with Crippen LogP contribution in [0.25, 0.3) is 5.70 Å². The summed E-state index contributed by atoms with van der Waals surface area (Å²) in [5.41, 5.74) is 2.08. The van der Waals surface area contributed by atoms with Gasteiger partial charge in [0.2, 0.25) is 0 Å². The predicted molar refractivity (Wildman–Crippen MR) is 92.7 cm³/mol. The SMILES string of the molecule is C#CCOc1ccc(C2=CC=C(I)C(=C)N2CC(F)F)cc1. The fourth-order valence-corrected chi connectivity index (χ4v) is 2.53. The maximum Gasteiger partial charge on any atom is 0.256 e. The molecule has 2 rings (SSSR count). The number of rotatable bonds is 5. The molecule has 0 bridgehead atoms. The van der Waals surface area contributed by atoms with Gasteiger partial charge in [0.05, 0.1) is 6.54 Å². The Morgan fingerprint density at radius 2 is 1.95 bits per heavy atom. The van der Waals surface area contributed by atoms with Gasteiger partial charge in [0.25, 0.3) is 6.43 Å². The maximum atomic E-state index is 12.8. The van der Waals surface area contributed by atoms with Crippen LogP contribution in [-0.2, 0) is 0 Å². The molecule has 0 aromatic heterocycles. The average molecular weight is 413 g/mol. The lowest BCUT2D eigenvalue weighted by Crippen LogP contribution is -2.28. The summed E-state index contributed by atoms with van der Waals surface area (Å²) >= 11 is 2.09. The summed E-state index contributed by atoms with van der Waals surface area (Å²) in [5.74, 6) is 3.03. The fourth-order valence-electron chi connectivity index (χ4n) is 2.06. The minimum atomic E-state index is -2.44. The summed E-state index contributed by atoms with van der Waals surface area (Å²) < 4.78 is 31.8. The molecule has 0 atom stereocenters. The van der Waals surface area contributed by atoms with Crippen molar-refractivity contribution in [3.8, 4) is 18.1 Å². The number of alkyl halides is 2. The van der Waals surface area contributed by atoms with E-state index in [1.165, 1.54) is 4.90 Å². The van der Waals surface area contributed by atoms with Crippen LogP contribution in [0.4, 0.5) is 8.78 Å². The van der Waals surface area contributed by atoms with Crippen LogP contribution in [0.15, 0.2) is 52.3 Å². The highest BCUT2D eigenvalue weighted by Crippen LogP contribution is 2.34. The van der Waals surface area contributed by atoms with Crippen molar-refractivity contribution in [3.05, 3.63) is 57.8 Å². The molecule has 0 N–H and O–H groups in total. The Balaban J connectivity index is 2.28. The van der Waals surface area contributed by atoms with Gasteiger partial charge in [-0.3, -0.25) is 0 Å². The Bertz CT molecular complexity index is 656. The Labute approximate surface area is 142 Å². The average Bonchev–Trinajstić information content (AvgIpc) is 2.50. The summed E-state index contributed by atoms with van der Waals surface area (Å²) in [4.78, 5) is 1.53. The minimum absolute atomic E-state index is 0.192. The number of nitrogens with zero attached hydrogens (tertiary/aromatic N) is 1. The minimum Gasteiger partial charge on any atom is -0.481 e. The van der Waals surface area contributed by atoms with Gasteiger partial charge in [-0.1, -0.05) is 12.5 Å². The molecule has 1 aromatic rings. The summed E-state index contributed by atoms with van der Waals surface area (Å²) in [6.07, 6.45) is 6.37. The van der Waals surface area contributed by atoms with Crippen LogP contribution in [-0.4, -0.2) is 24.5 Å². The number of terminal acetylenes is 1. The van der Waals surface area contributed by atoms with Gasteiger partial charge in [-0.25, -0.2) is 8.78 Å². The van der Waals surface area contributed by atoms with Crippen molar-refractivity contribution >= 4 is 28.3 Å². The second kappa shape index (κ2) is 7.45. The smallest absolute Gasteiger partial charge is 0.256 e. The molecule has 5 heteroatoms. The first-order chi connectivity index (χ1) is 10.5. The summed E-state index contributed by atoms with van der Waals surface area (Å²) in [6.45, 7) is 3.70. The quantitative estimate of drug-likeness (QED) is 0.523. The molecule has 0 fully saturated rings. The zero-order valence-electron chi connectivity index (χ0n) is 11.7. The summed E-state index contributed by atoms with van der Waals surface area (Å²) in [5, 5.41) is 0. The highest BCUT2D eigenvalue weighted by Gasteiger charge is 2.22. The van der Waals surface area contributed by atoms with E-state index in [1.54, 1.807) is 12.1 Å². The van der Waals surface area contributed by atoms with E-state index in [4.69, 9.17) is 11.2 Å². The topological polar surface area (TPSA) is 12.5 Å². The van der Waals surface area contributed by atoms with Crippen LogP contribution in [0.3, 0.4) is 0 Å². The van der Waals surface area contributed by atoms with Crippen LogP contribution in [0, 0.1) is 12.3 Å². The molecule has 0 aliphatic carbocycles. The molecule has 0 radical (unpaired) electrons. The van der Waals surface area contributed by atoms with Gasteiger partial charge in [-0.15, -0.1) is 6.42 Å². The molecular formula is C17H14F2INO. The molecule has 0 saturated carbocycles. The van der Waals surface area contributed by atoms with E-state index in [9.17, 15) is 8.78 Å². The van der Waals surface area contributed by atoms with Crippen molar-refractivity contribution < 1.29 is 13.5 Å². The number of hydrogen-bond donors (Lipinski definition) is 0. The Morgan fingerprint density at radius 1 is 1.27 bits per heavy atom. The van der Waals surface area contributed by atoms with Crippen molar-refractivity contribution in [2.45, 2.75) is 6.43 Å². The Morgan fingerprint density at radius 3 is 2.55 bits per heavy atom.